The molecule has 2 aromatic rings. The maximum absolute atomic E-state index is 14.0. The summed E-state index contributed by atoms with van der Waals surface area (Å²) >= 11 is 0. The van der Waals surface area contributed by atoms with Gasteiger partial charge in [-0.3, -0.25) is 14.4 Å². The van der Waals surface area contributed by atoms with Crippen LogP contribution in [0.25, 0.3) is 23.0 Å². The van der Waals surface area contributed by atoms with Gasteiger partial charge in [-0.25, -0.2) is 0 Å². The third-order valence-corrected chi connectivity index (χ3v) is 10.2. The molecule has 43 heavy (non-hydrogen) atoms. The van der Waals surface area contributed by atoms with E-state index in [-0.39, 0.29) is 35.6 Å². The molecule has 0 saturated heterocycles. The number of aliphatic hydroxyl groups is 3. The van der Waals surface area contributed by atoms with Gasteiger partial charge in [-0.15, -0.1) is 0 Å². The van der Waals surface area contributed by atoms with E-state index < -0.39 is 57.9 Å². The number of hydrogen-bond acceptors (Lipinski definition) is 7. The van der Waals surface area contributed by atoms with Crippen LogP contribution in [0.15, 0.2) is 58.9 Å². The number of amides is 1. The minimum absolute atomic E-state index is 0.0888. The van der Waals surface area contributed by atoms with Crippen LogP contribution < -0.4 is 5.73 Å². The Morgan fingerprint density at radius 2 is 1.77 bits per heavy atom. The zero-order valence-electron chi connectivity index (χ0n) is 24.6. The molecule has 0 radical (unpaired) electrons. The molecule has 2 saturated carbocycles. The molecular weight excluding hydrogens is 546 g/mol. The first-order chi connectivity index (χ1) is 20.4. The summed E-state index contributed by atoms with van der Waals surface area (Å²) in [6.45, 7) is 5.75. The van der Waals surface area contributed by atoms with Gasteiger partial charge in [0, 0.05) is 17.4 Å². The molecule has 0 spiro atoms. The average Bonchev–Trinajstić information content (AvgIpc) is 3.35. The van der Waals surface area contributed by atoms with Crippen molar-refractivity contribution in [3.05, 3.63) is 75.6 Å². The van der Waals surface area contributed by atoms with E-state index in [0.29, 0.717) is 11.5 Å². The molecule has 1 unspecified atom stereocenters. The van der Waals surface area contributed by atoms with Crippen LogP contribution in [0.1, 0.15) is 63.1 Å². The fourth-order valence-electron chi connectivity index (χ4n) is 7.99. The smallest absolute Gasteiger partial charge is 0.255 e. The van der Waals surface area contributed by atoms with Gasteiger partial charge in [0.05, 0.1) is 5.56 Å². The summed E-state index contributed by atoms with van der Waals surface area (Å²) in [5.41, 5.74) is 6.84. The molecule has 6 rings (SSSR count). The minimum Gasteiger partial charge on any atom is -0.508 e. The van der Waals surface area contributed by atoms with Gasteiger partial charge < -0.3 is 26.2 Å². The van der Waals surface area contributed by atoms with Crippen LogP contribution in [0.3, 0.4) is 0 Å². The van der Waals surface area contributed by atoms with Crippen LogP contribution in [0.2, 0.25) is 0 Å². The number of fused-ring (bicyclic) bond motifs is 3. The lowest BCUT2D eigenvalue weighted by Crippen LogP contribution is -2.62. The zero-order valence-corrected chi connectivity index (χ0v) is 24.6. The van der Waals surface area contributed by atoms with Gasteiger partial charge in [0.25, 0.3) is 5.91 Å². The highest BCUT2D eigenvalue weighted by molar-refractivity contribution is 6.23. The molecule has 0 aromatic heterocycles. The molecule has 4 aliphatic rings. The number of carbonyl (C=O) groups excluding carboxylic acids is 3. The Morgan fingerprint density at radius 3 is 2.37 bits per heavy atom. The number of phenols is 1. The Morgan fingerprint density at radius 1 is 1.07 bits per heavy atom. The van der Waals surface area contributed by atoms with Gasteiger partial charge in [0.2, 0.25) is 5.78 Å². The molecular formula is C35H37NO7. The van der Waals surface area contributed by atoms with Crippen molar-refractivity contribution in [1.29, 1.82) is 0 Å². The number of Topliss-reactive ketones (excluding diaryl/α,β-unsaturated/α-hetero) is 2. The molecule has 8 nitrogen and oxygen atoms in total. The van der Waals surface area contributed by atoms with Crippen molar-refractivity contribution in [2.75, 3.05) is 0 Å². The summed E-state index contributed by atoms with van der Waals surface area (Å²) in [4.78, 5) is 39.6. The lowest BCUT2D eigenvalue weighted by Gasteiger charge is -2.50. The van der Waals surface area contributed by atoms with Crippen LogP contribution in [-0.4, -0.2) is 43.5 Å². The fourth-order valence-corrected chi connectivity index (χ4v) is 7.99. The van der Waals surface area contributed by atoms with Crippen molar-refractivity contribution >= 4 is 29.3 Å². The third-order valence-electron chi connectivity index (χ3n) is 10.2. The Bertz CT molecular complexity index is 1660. The first-order valence-corrected chi connectivity index (χ1v) is 15.0. The highest BCUT2D eigenvalue weighted by atomic mass is 16.3. The van der Waals surface area contributed by atoms with Gasteiger partial charge in [-0.1, -0.05) is 62.8 Å². The topological polar surface area (TPSA) is 158 Å². The van der Waals surface area contributed by atoms with Crippen LogP contribution in [0.5, 0.6) is 5.75 Å². The number of aliphatic hydroxyl groups excluding tert-OH is 2. The third kappa shape index (κ3) is 4.26. The molecule has 5 atom stereocenters. The Hall–Kier alpha value is -4.17. The summed E-state index contributed by atoms with van der Waals surface area (Å²) in [5.74, 6) is -7.09. The van der Waals surface area contributed by atoms with Crippen molar-refractivity contribution < 1.29 is 34.8 Å². The van der Waals surface area contributed by atoms with Gasteiger partial charge >= 0.3 is 0 Å². The number of aromatic hydroxyl groups is 1. The lowest BCUT2D eigenvalue weighted by atomic mass is 9.54. The lowest BCUT2D eigenvalue weighted by molar-refractivity contribution is -0.155. The molecule has 2 fully saturated rings. The number of allylic oxidation sites excluding steroid dienone is 1. The predicted molar refractivity (Wildman–Crippen MR) is 162 cm³/mol. The monoisotopic (exact) mass is 583 g/mol. The number of nitrogens with two attached hydrogens (primary N) is 1. The molecule has 4 aliphatic carbocycles. The summed E-state index contributed by atoms with van der Waals surface area (Å²) in [5, 5.41) is 45.2. The molecule has 0 heterocycles. The number of hydrogen-bond donors (Lipinski definition) is 5. The summed E-state index contributed by atoms with van der Waals surface area (Å²) < 4.78 is 0. The molecule has 224 valence electrons. The van der Waals surface area contributed by atoms with Gasteiger partial charge in [0.15, 0.2) is 11.4 Å². The second-order valence-electron chi connectivity index (χ2n) is 12.9. The minimum atomic E-state index is -2.61. The highest BCUT2D eigenvalue weighted by Crippen LogP contribution is 2.55. The SMILES string of the molecule is CC1CCCC1=Cc1ccc(-c2ccc(O)c3c2C[C@H]2C[C@H]4[C@H](C(C)C)C(=O)C(C(N)=O)=C(O)[C@@]4(O)C(=O)C2=C3O)cc1. The molecule has 6 N–H and O–H groups in total. The summed E-state index contributed by atoms with van der Waals surface area (Å²) in [6.07, 6.45) is 6.11. The van der Waals surface area contributed by atoms with Crippen LogP contribution in [0.4, 0.5) is 0 Å². The summed E-state index contributed by atoms with van der Waals surface area (Å²) in [6, 6.07) is 11.4. The van der Waals surface area contributed by atoms with Crippen LogP contribution in [0, 0.1) is 29.6 Å². The van der Waals surface area contributed by atoms with Crippen molar-refractivity contribution in [1.82, 2.24) is 0 Å². The molecule has 2 aromatic carbocycles. The quantitative estimate of drug-likeness (QED) is 0.310. The second-order valence-corrected chi connectivity index (χ2v) is 12.9. The first kappa shape index (κ1) is 28.9. The Kier molecular flexibility index (Phi) is 6.88. The number of primary amides is 1. The number of rotatable bonds is 4. The molecule has 0 bridgehead atoms. The Labute approximate surface area is 250 Å². The van der Waals surface area contributed by atoms with E-state index in [4.69, 9.17) is 5.73 Å². The maximum Gasteiger partial charge on any atom is 0.255 e. The van der Waals surface area contributed by atoms with E-state index in [1.54, 1.807) is 19.9 Å². The molecule has 0 aliphatic heterocycles. The fraction of sp³-hybridized carbons (Fsp3) is 0.400. The van der Waals surface area contributed by atoms with E-state index >= 15 is 0 Å². The first-order valence-electron chi connectivity index (χ1n) is 15.0. The van der Waals surface area contributed by atoms with Crippen LogP contribution >= 0.6 is 0 Å². The zero-order chi connectivity index (χ0) is 31.0. The van der Waals surface area contributed by atoms with Gasteiger partial charge in [-0.05, 0) is 78.2 Å². The second kappa shape index (κ2) is 10.2. The van der Waals surface area contributed by atoms with E-state index in [9.17, 15) is 34.8 Å². The summed E-state index contributed by atoms with van der Waals surface area (Å²) in [7, 11) is 0. The van der Waals surface area contributed by atoms with Crippen LogP contribution in [-0.2, 0) is 20.8 Å². The standard InChI is InChI=1S/C35H37NO7/c1-16(2)26-24-15-21-14-23-22(19-9-7-18(8-10-19)13-20-6-4-5-17(20)3)11-12-25(37)28(23)31(39)27(21)32(40)35(24,43)33(41)29(30(26)38)34(36)42/h7-13,16-17,21,24,26,37,39,41,43H,4-6,14-15H2,1-3H3,(H2,36,42)/t17?,21-,24-,26-,35-/m0/s1. The van der Waals surface area contributed by atoms with Gasteiger partial charge in [0.1, 0.15) is 22.8 Å². The normalized spacial score (nSPS) is 29.7. The Balaban J connectivity index is 1.46. The predicted octanol–water partition coefficient (Wildman–Crippen LogP) is 5.18. The van der Waals surface area contributed by atoms with E-state index in [2.05, 4.69) is 13.0 Å². The number of benzene rings is 2. The highest BCUT2D eigenvalue weighted by Gasteiger charge is 2.64. The van der Waals surface area contributed by atoms with Crippen molar-refractivity contribution in [3.63, 3.8) is 0 Å². The maximum atomic E-state index is 14.0. The van der Waals surface area contributed by atoms with Gasteiger partial charge in [-0.2, -0.15) is 0 Å². The average molecular weight is 584 g/mol. The van der Waals surface area contributed by atoms with Crippen molar-refractivity contribution in [2.24, 2.45) is 35.3 Å². The van der Waals surface area contributed by atoms with Crippen molar-refractivity contribution in [2.45, 2.75) is 58.5 Å². The largest absolute Gasteiger partial charge is 0.508 e. The number of ketones is 2. The van der Waals surface area contributed by atoms with E-state index in [1.165, 1.54) is 24.5 Å². The van der Waals surface area contributed by atoms with E-state index in [1.807, 2.05) is 24.3 Å². The number of carbonyl (C=O) groups is 3. The number of phenolic OH excluding ortho intramolecular Hbond substituents is 1. The van der Waals surface area contributed by atoms with Crippen molar-refractivity contribution in [3.8, 4) is 16.9 Å². The molecule has 1 amide bonds. The van der Waals surface area contributed by atoms with E-state index in [0.717, 1.165) is 23.1 Å². The molecule has 8 heteroatoms.